The number of nitrogens with zero attached hydrogens (tertiary/aromatic N) is 4. The number of hydrogen-bond donors (Lipinski definition) is 2. The Morgan fingerprint density at radius 3 is 2.03 bits per heavy atom. The molecular weight excluding hydrogens is 761 g/mol. The highest BCUT2D eigenvalue weighted by atomic mass is 16.6. The SMILES string of the molecule is C[C@]1(N)c2ccccc2C[C@@H](CC(=O)CCOCCOCCOCCOCCn2nnc3c2-c2ccccc2CN(C(=O)CCC(N)=O)c2ccccc2-3)c2ccccc21. The molecule has 60 heavy (non-hydrogen) atoms. The van der Waals surface area contributed by atoms with E-state index in [1.54, 1.807) is 4.90 Å². The maximum Gasteiger partial charge on any atom is 0.227 e. The van der Waals surface area contributed by atoms with Gasteiger partial charge < -0.3 is 35.3 Å². The lowest BCUT2D eigenvalue weighted by Gasteiger charge is -2.28. The predicted molar refractivity (Wildman–Crippen MR) is 228 cm³/mol. The molecule has 0 bridgehead atoms. The summed E-state index contributed by atoms with van der Waals surface area (Å²) in [5.41, 5.74) is 21.0. The predicted octanol–water partition coefficient (Wildman–Crippen LogP) is 5.70. The maximum atomic E-state index is 13.4. The van der Waals surface area contributed by atoms with Crippen LogP contribution in [-0.4, -0.2) is 85.4 Å². The lowest BCUT2D eigenvalue weighted by Crippen LogP contribution is -2.35. The molecule has 5 aromatic rings. The summed E-state index contributed by atoms with van der Waals surface area (Å²) in [6.45, 7) is 6.06. The normalized spacial score (nSPS) is 16.6. The van der Waals surface area contributed by atoms with Crippen LogP contribution in [0.2, 0.25) is 0 Å². The number of anilines is 1. The van der Waals surface area contributed by atoms with E-state index in [9.17, 15) is 14.4 Å². The number of para-hydroxylation sites is 1. The highest BCUT2D eigenvalue weighted by Gasteiger charge is 2.35. The van der Waals surface area contributed by atoms with Gasteiger partial charge in [-0.05, 0) is 53.1 Å². The van der Waals surface area contributed by atoms with Crippen LogP contribution >= 0.6 is 0 Å². The van der Waals surface area contributed by atoms with Crippen molar-refractivity contribution in [2.45, 2.75) is 63.6 Å². The van der Waals surface area contributed by atoms with Gasteiger partial charge in [-0.1, -0.05) is 96.2 Å². The third kappa shape index (κ3) is 10.1. The summed E-state index contributed by atoms with van der Waals surface area (Å²) in [6, 6.07) is 32.0. The second kappa shape index (κ2) is 20.1. The number of amides is 2. The van der Waals surface area contributed by atoms with Gasteiger partial charge in [-0.2, -0.15) is 0 Å². The van der Waals surface area contributed by atoms with Crippen molar-refractivity contribution >= 4 is 23.3 Å². The molecule has 314 valence electrons. The van der Waals surface area contributed by atoms with E-state index in [1.165, 1.54) is 5.56 Å². The van der Waals surface area contributed by atoms with Crippen LogP contribution in [0, 0.1) is 0 Å². The average Bonchev–Trinajstić information content (AvgIpc) is 3.63. The second-order valence-corrected chi connectivity index (χ2v) is 15.4. The van der Waals surface area contributed by atoms with Crippen LogP contribution in [0.3, 0.4) is 0 Å². The first-order valence-corrected chi connectivity index (χ1v) is 20.7. The number of aromatic nitrogens is 3. The number of ether oxygens (including phenoxy) is 4. The number of carbonyl (C=O) groups is 3. The molecule has 0 unspecified atom stereocenters. The van der Waals surface area contributed by atoms with Gasteiger partial charge in [-0.3, -0.25) is 14.4 Å². The van der Waals surface area contributed by atoms with Crippen LogP contribution in [0.5, 0.6) is 0 Å². The Hall–Kier alpha value is -5.57. The summed E-state index contributed by atoms with van der Waals surface area (Å²) < 4.78 is 24.8. The van der Waals surface area contributed by atoms with E-state index >= 15 is 0 Å². The van der Waals surface area contributed by atoms with Gasteiger partial charge >= 0.3 is 0 Å². The fourth-order valence-electron chi connectivity index (χ4n) is 8.27. The van der Waals surface area contributed by atoms with Crippen molar-refractivity contribution in [1.29, 1.82) is 0 Å². The zero-order valence-corrected chi connectivity index (χ0v) is 34.2. The Labute approximate surface area is 350 Å². The molecule has 13 heteroatoms. The summed E-state index contributed by atoms with van der Waals surface area (Å²) in [7, 11) is 0. The van der Waals surface area contributed by atoms with Crippen LogP contribution < -0.4 is 16.4 Å². The van der Waals surface area contributed by atoms with Crippen molar-refractivity contribution in [3.63, 3.8) is 0 Å². The van der Waals surface area contributed by atoms with Crippen LogP contribution in [0.15, 0.2) is 97.1 Å². The highest BCUT2D eigenvalue weighted by Crippen LogP contribution is 2.43. The number of carbonyl (C=O) groups excluding carboxylic acids is 3. The Bertz CT molecular complexity index is 2270. The largest absolute Gasteiger partial charge is 0.379 e. The lowest BCUT2D eigenvalue weighted by atomic mass is 9.81. The molecule has 2 aliphatic rings. The number of nitrogens with two attached hydrogens (primary N) is 2. The molecule has 13 nitrogen and oxygen atoms in total. The standard InChI is InChI=1S/C47H54N6O7/c1-47(49)40-15-7-3-10-33(40)30-35(37-12-5-8-16-41(37)47)31-36(54)20-22-57-24-26-59-28-29-60-27-25-58-23-21-53-46-38-13-4-2-11-34(38)32-52(44(56)19-18-43(48)55)42-17-9-6-14-39(42)45(46)50-51-53/h2-17,35H,18-32,49H2,1H3,(H2,48,55)/t35-,47-/m0/s1. The first-order valence-electron chi connectivity index (χ1n) is 20.7. The Morgan fingerprint density at radius 2 is 1.30 bits per heavy atom. The zero-order chi connectivity index (χ0) is 41.9. The van der Waals surface area contributed by atoms with Gasteiger partial charge in [0.25, 0.3) is 0 Å². The molecule has 4 N–H and O–H groups in total. The molecular formula is C47H54N6O7. The van der Waals surface area contributed by atoms with E-state index in [-0.39, 0.29) is 30.4 Å². The van der Waals surface area contributed by atoms with Gasteiger partial charge in [0.2, 0.25) is 11.8 Å². The van der Waals surface area contributed by atoms with Crippen molar-refractivity contribution in [3.05, 3.63) is 125 Å². The molecule has 1 aromatic heterocycles. The van der Waals surface area contributed by atoms with Crippen molar-refractivity contribution < 1.29 is 33.3 Å². The molecule has 2 heterocycles. The number of ketones is 1. The molecule has 0 fully saturated rings. The smallest absolute Gasteiger partial charge is 0.227 e. The fourth-order valence-corrected chi connectivity index (χ4v) is 8.27. The average molecular weight is 815 g/mol. The lowest BCUT2D eigenvalue weighted by molar-refractivity contribution is -0.123. The Balaban J connectivity index is 0.792. The molecule has 0 saturated heterocycles. The van der Waals surface area contributed by atoms with Crippen LogP contribution in [0.25, 0.3) is 22.5 Å². The highest BCUT2D eigenvalue weighted by molar-refractivity contribution is 6.01. The van der Waals surface area contributed by atoms with Gasteiger partial charge in [0.1, 0.15) is 11.5 Å². The van der Waals surface area contributed by atoms with E-state index in [0.29, 0.717) is 90.2 Å². The molecule has 0 saturated carbocycles. The van der Waals surface area contributed by atoms with E-state index < -0.39 is 11.4 Å². The number of primary amides is 1. The quantitative estimate of drug-likeness (QED) is 0.0928. The molecule has 1 aliphatic carbocycles. The topological polar surface area (TPSA) is 174 Å². The minimum Gasteiger partial charge on any atom is -0.379 e. The molecule has 2 atom stereocenters. The maximum absolute atomic E-state index is 13.4. The van der Waals surface area contributed by atoms with E-state index in [0.717, 1.165) is 45.5 Å². The summed E-state index contributed by atoms with van der Waals surface area (Å²) in [4.78, 5) is 39.6. The first kappa shape index (κ1) is 42.6. The zero-order valence-electron chi connectivity index (χ0n) is 34.2. The third-order valence-electron chi connectivity index (χ3n) is 11.2. The van der Waals surface area contributed by atoms with Gasteiger partial charge in [0, 0.05) is 36.8 Å². The third-order valence-corrected chi connectivity index (χ3v) is 11.2. The van der Waals surface area contributed by atoms with E-state index in [4.69, 9.17) is 30.4 Å². The molecule has 0 radical (unpaired) electrons. The van der Waals surface area contributed by atoms with Crippen LogP contribution in [-0.2, 0) is 58.4 Å². The Morgan fingerprint density at radius 1 is 0.700 bits per heavy atom. The van der Waals surface area contributed by atoms with Gasteiger partial charge in [-0.15, -0.1) is 5.10 Å². The summed E-state index contributed by atoms with van der Waals surface area (Å²) in [5.74, 6) is -0.467. The number of benzene rings is 4. The van der Waals surface area contributed by atoms with Gasteiger partial charge in [-0.25, -0.2) is 4.68 Å². The fraction of sp³-hybridized carbons (Fsp3) is 0.383. The molecule has 7 rings (SSSR count). The molecule has 2 amide bonds. The Kier molecular flexibility index (Phi) is 14.3. The van der Waals surface area contributed by atoms with E-state index in [2.05, 4.69) is 41.5 Å². The number of rotatable bonds is 20. The van der Waals surface area contributed by atoms with Crippen molar-refractivity contribution in [2.24, 2.45) is 11.5 Å². The van der Waals surface area contributed by atoms with Crippen molar-refractivity contribution in [1.82, 2.24) is 15.0 Å². The van der Waals surface area contributed by atoms with Gasteiger partial charge in [0.15, 0.2) is 0 Å². The summed E-state index contributed by atoms with van der Waals surface area (Å²) >= 11 is 0. The van der Waals surface area contributed by atoms with Crippen LogP contribution in [0.4, 0.5) is 5.69 Å². The minimum atomic E-state index is -0.621. The summed E-state index contributed by atoms with van der Waals surface area (Å²) in [5, 5.41) is 9.08. The molecule has 1 aliphatic heterocycles. The van der Waals surface area contributed by atoms with Crippen LogP contribution in [0.1, 0.15) is 66.3 Å². The van der Waals surface area contributed by atoms with Crippen molar-refractivity contribution in [3.8, 4) is 22.5 Å². The van der Waals surface area contributed by atoms with Gasteiger partial charge in [0.05, 0.1) is 82.9 Å². The number of Topliss-reactive ketones (excluding diaryl/α,β-unsaturated/α-hetero) is 1. The number of fused-ring (bicyclic) bond motifs is 7. The second-order valence-electron chi connectivity index (χ2n) is 15.4. The first-order chi connectivity index (χ1) is 29.2. The summed E-state index contributed by atoms with van der Waals surface area (Å²) in [6.07, 6.45) is 1.57. The monoisotopic (exact) mass is 814 g/mol. The number of hydrogen-bond acceptors (Lipinski definition) is 10. The molecule has 4 aromatic carbocycles. The molecule has 0 spiro atoms. The minimum absolute atomic E-state index is 0.0174. The van der Waals surface area contributed by atoms with Crippen molar-refractivity contribution in [2.75, 3.05) is 57.8 Å². The van der Waals surface area contributed by atoms with E-state index in [1.807, 2.05) is 77.5 Å².